The number of benzene rings is 1. The molecule has 2 atom stereocenters. The van der Waals surface area contributed by atoms with Gasteiger partial charge in [0.1, 0.15) is 5.75 Å². The van der Waals surface area contributed by atoms with Gasteiger partial charge in [0.05, 0.1) is 19.8 Å². The summed E-state index contributed by atoms with van der Waals surface area (Å²) >= 11 is 0. The van der Waals surface area contributed by atoms with Crippen LogP contribution in [0.2, 0.25) is 0 Å². The van der Waals surface area contributed by atoms with Gasteiger partial charge in [0.25, 0.3) is 0 Å². The monoisotopic (exact) mass is 346 g/mol. The Morgan fingerprint density at radius 2 is 2.00 bits per heavy atom. The summed E-state index contributed by atoms with van der Waals surface area (Å²) < 4.78 is 5.14. The largest absolute Gasteiger partial charge is 0.497 e. The van der Waals surface area contributed by atoms with Gasteiger partial charge in [0, 0.05) is 25.6 Å². The number of carbonyl (C=O) groups is 2. The van der Waals surface area contributed by atoms with Gasteiger partial charge in [-0.05, 0) is 37.0 Å². The lowest BCUT2D eigenvalue weighted by atomic mass is 9.86. The van der Waals surface area contributed by atoms with Crippen molar-refractivity contribution in [2.75, 3.05) is 26.7 Å². The number of rotatable bonds is 4. The summed E-state index contributed by atoms with van der Waals surface area (Å²) in [5, 5.41) is 9.77. The van der Waals surface area contributed by atoms with Gasteiger partial charge in [-0.2, -0.15) is 0 Å². The van der Waals surface area contributed by atoms with Gasteiger partial charge in [-0.1, -0.05) is 18.6 Å². The predicted molar refractivity (Wildman–Crippen MR) is 93.0 cm³/mol. The molecule has 1 saturated carbocycles. The summed E-state index contributed by atoms with van der Waals surface area (Å²) in [6, 6.07) is 7.67. The Bertz CT molecular complexity index is 616. The standard InChI is InChI=1S/C19H26N2O4/c1-25-17-7-5-14(6-8-17)12-20-9-10-21(13-18(20)23)19(24)15-3-2-4-16(22)11-15/h5-8,15-16,22H,2-4,9-13H2,1H3/t15-,16-/m1/s1. The van der Waals surface area contributed by atoms with Crippen LogP contribution in [0.1, 0.15) is 31.2 Å². The van der Waals surface area contributed by atoms with Gasteiger partial charge in [-0.15, -0.1) is 0 Å². The molecule has 6 heteroatoms. The van der Waals surface area contributed by atoms with Crippen LogP contribution in [-0.4, -0.2) is 59.6 Å². The van der Waals surface area contributed by atoms with Crippen LogP contribution in [0.15, 0.2) is 24.3 Å². The fourth-order valence-electron chi connectivity index (χ4n) is 3.66. The van der Waals surface area contributed by atoms with Crippen LogP contribution in [0.5, 0.6) is 5.75 Å². The molecule has 0 unspecified atom stereocenters. The molecule has 1 aromatic carbocycles. The minimum absolute atomic E-state index is 0.0215. The van der Waals surface area contributed by atoms with E-state index in [1.165, 1.54) is 0 Å². The van der Waals surface area contributed by atoms with Crippen LogP contribution >= 0.6 is 0 Å². The highest BCUT2D eigenvalue weighted by Gasteiger charge is 2.33. The Hall–Kier alpha value is -2.08. The SMILES string of the molecule is COc1ccc(CN2CCN(C(=O)[C@@H]3CCC[C@@H](O)C3)CC2=O)cc1. The molecular formula is C19H26N2O4. The summed E-state index contributed by atoms with van der Waals surface area (Å²) in [4.78, 5) is 28.5. The van der Waals surface area contributed by atoms with Crippen LogP contribution in [0.4, 0.5) is 0 Å². The Kier molecular flexibility index (Phi) is 5.58. The predicted octanol–water partition coefficient (Wildman–Crippen LogP) is 1.42. The first-order chi connectivity index (χ1) is 12.1. The van der Waals surface area contributed by atoms with Gasteiger partial charge in [0.2, 0.25) is 11.8 Å². The van der Waals surface area contributed by atoms with Crippen LogP contribution in [0.3, 0.4) is 0 Å². The molecule has 3 rings (SSSR count). The molecule has 0 spiro atoms. The van der Waals surface area contributed by atoms with E-state index in [9.17, 15) is 14.7 Å². The van der Waals surface area contributed by atoms with E-state index in [-0.39, 0.29) is 30.4 Å². The molecule has 2 fully saturated rings. The molecule has 6 nitrogen and oxygen atoms in total. The van der Waals surface area contributed by atoms with E-state index in [0.717, 1.165) is 30.6 Å². The molecule has 0 radical (unpaired) electrons. The van der Waals surface area contributed by atoms with Gasteiger partial charge in [0.15, 0.2) is 0 Å². The van der Waals surface area contributed by atoms with E-state index in [1.807, 2.05) is 24.3 Å². The minimum Gasteiger partial charge on any atom is -0.497 e. The Balaban J connectivity index is 1.54. The lowest BCUT2D eigenvalue weighted by Gasteiger charge is -2.37. The molecule has 1 N–H and O–H groups in total. The fourth-order valence-corrected chi connectivity index (χ4v) is 3.66. The number of aliphatic hydroxyl groups excluding tert-OH is 1. The number of methoxy groups -OCH3 is 1. The smallest absolute Gasteiger partial charge is 0.242 e. The number of nitrogens with zero attached hydrogens (tertiary/aromatic N) is 2. The van der Waals surface area contributed by atoms with Gasteiger partial charge in [-0.3, -0.25) is 9.59 Å². The van der Waals surface area contributed by atoms with E-state index < -0.39 is 0 Å². The normalized spacial score (nSPS) is 24.3. The van der Waals surface area contributed by atoms with Gasteiger partial charge >= 0.3 is 0 Å². The molecular weight excluding hydrogens is 320 g/mol. The Morgan fingerprint density at radius 1 is 1.24 bits per heavy atom. The maximum atomic E-state index is 12.6. The van der Waals surface area contributed by atoms with E-state index in [2.05, 4.69) is 0 Å². The van der Waals surface area contributed by atoms with Crippen LogP contribution in [0, 0.1) is 5.92 Å². The Morgan fingerprint density at radius 3 is 2.64 bits per heavy atom. The van der Waals surface area contributed by atoms with Gasteiger partial charge in [-0.25, -0.2) is 0 Å². The number of hydrogen-bond acceptors (Lipinski definition) is 4. The third-order valence-corrected chi connectivity index (χ3v) is 5.16. The zero-order chi connectivity index (χ0) is 17.8. The first-order valence-corrected chi connectivity index (χ1v) is 8.94. The molecule has 1 heterocycles. The maximum Gasteiger partial charge on any atom is 0.242 e. The average molecular weight is 346 g/mol. The van der Waals surface area contributed by atoms with Crippen LogP contribution < -0.4 is 4.74 Å². The number of carbonyl (C=O) groups excluding carboxylic acids is 2. The lowest BCUT2D eigenvalue weighted by molar-refractivity contribution is -0.149. The molecule has 1 saturated heterocycles. The minimum atomic E-state index is -0.380. The second kappa shape index (κ2) is 7.87. The van der Waals surface area contributed by atoms with Crippen molar-refractivity contribution in [1.82, 2.24) is 9.80 Å². The molecule has 1 aliphatic heterocycles. The fraction of sp³-hybridized carbons (Fsp3) is 0.579. The van der Waals surface area contributed by atoms with Crippen molar-refractivity contribution >= 4 is 11.8 Å². The zero-order valence-corrected chi connectivity index (χ0v) is 14.7. The quantitative estimate of drug-likeness (QED) is 0.895. The Labute approximate surface area is 148 Å². The number of ether oxygens (including phenoxy) is 1. The van der Waals surface area contributed by atoms with E-state index in [1.54, 1.807) is 16.9 Å². The number of piperazine rings is 1. The number of amides is 2. The highest BCUT2D eigenvalue weighted by atomic mass is 16.5. The van der Waals surface area contributed by atoms with E-state index >= 15 is 0 Å². The van der Waals surface area contributed by atoms with Crippen molar-refractivity contribution < 1.29 is 19.4 Å². The van der Waals surface area contributed by atoms with Crippen molar-refractivity contribution in [3.63, 3.8) is 0 Å². The van der Waals surface area contributed by atoms with Crippen LogP contribution in [0.25, 0.3) is 0 Å². The third kappa shape index (κ3) is 4.31. The van der Waals surface area contributed by atoms with E-state index in [4.69, 9.17) is 4.74 Å². The second-order valence-corrected chi connectivity index (χ2v) is 6.94. The molecule has 1 aliphatic carbocycles. The van der Waals surface area contributed by atoms with Crippen molar-refractivity contribution in [2.24, 2.45) is 5.92 Å². The molecule has 136 valence electrons. The van der Waals surface area contributed by atoms with Crippen LogP contribution in [-0.2, 0) is 16.1 Å². The summed E-state index contributed by atoms with van der Waals surface area (Å²) in [7, 11) is 1.63. The second-order valence-electron chi connectivity index (χ2n) is 6.94. The van der Waals surface area contributed by atoms with Crippen molar-refractivity contribution in [1.29, 1.82) is 0 Å². The van der Waals surface area contributed by atoms with Crippen molar-refractivity contribution in [3.05, 3.63) is 29.8 Å². The van der Waals surface area contributed by atoms with Crippen molar-refractivity contribution in [3.8, 4) is 5.75 Å². The maximum absolute atomic E-state index is 12.6. The average Bonchev–Trinajstić information content (AvgIpc) is 2.63. The molecule has 0 aromatic heterocycles. The number of aliphatic hydroxyl groups is 1. The summed E-state index contributed by atoms with van der Waals surface area (Å²) in [6.07, 6.45) is 2.62. The first-order valence-electron chi connectivity index (χ1n) is 8.94. The highest BCUT2D eigenvalue weighted by molar-refractivity contribution is 5.87. The van der Waals surface area contributed by atoms with Crippen molar-refractivity contribution in [2.45, 2.75) is 38.3 Å². The summed E-state index contributed by atoms with van der Waals surface area (Å²) in [6.45, 7) is 1.80. The van der Waals surface area contributed by atoms with E-state index in [0.29, 0.717) is 26.1 Å². The zero-order valence-electron chi connectivity index (χ0n) is 14.7. The molecule has 1 aromatic rings. The first kappa shape index (κ1) is 17.7. The highest BCUT2D eigenvalue weighted by Crippen LogP contribution is 2.26. The topological polar surface area (TPSA) is 70.1 Å². The number of hydrogen-bond donors (Lipinski definition) is 1. The molecule has 2 aliphatic rings. The molecule has 25 heavy (non-hydrogen) atoms. The molecule has 2 amide bonds. The van der Waals surface area contributed by atoms with Gasteiger partial charge < -0.3 is 19.6 Å². The summed E-state index contributed by atoms with van der Waals surface area (Å²) in [5.41, 5.74) is 1.05. The lowest BCUT2D eigenvalue weighted by Crippen LogP contribution is -2.53. The third-order valence-electron chi connectivity index (χ3n) is 5.16. The molecule has 0 bridgehead atoms. The summed E-state index contributed by atoms with van der Waals surface area (Å²) in [5.74, 6) is 0.660.